The molecule has 3 rings (SSSR count). The second-order valence-electron chi connectivity index (χ2n) is 6.18. The molecule has 2 amide bonds. The average molecular weight is 376 g/mol. The van der Waals surface area contributed by atoms with Crippen LogP contribution < -0.4 is 10.6 Å². The molecule has 1 fully saturated rings. The number of aryl methyl sites for hydroxylation is 1. The summed E-state index contributed by atoms with van der Waals surface area (Å²) in [6, 6.07) is 7.88. The number of rotatable bonds is 6. The van der Waals surface area contributed by atoms with E-state index in [0.717, 1.165) is 23.7 Å². The second-order valence-corrected chi connectivity index (χ2v) is 7.21. The number of morpholine rings is 1. The first-order valence-corrected chi connectivity index (χ1v) is 9.54. The molecule has 1 atom stereocenters. The molecule has 26 heavy (non-hydrogen) atoms. The molecule has 140 valence electrons. The van der Waals surface area contributed by atoms with Crippen molar-refractivity contribution in [3.05, 3.63) is 46.4 Å². The molecule has 0 unspecified atom stereocenters. The van der Waals surface area contributed by atoms with Gasteiger partial charge in [0.1, 0.15) is 0 Å². The SMILES string of the molecule is Cn1cccc1[C@@H](CNC(=O)C(=O)NCc1cccs1)N1CCOCC1. The Morgan fingerprint density at radius 3 is 2.62 bits per heavy atom. The van der Waals surface area contributed by atoms with E-state index in [1.54, 1.807) is 11.3 Å². The molecule has 8 heteroatoms. The van der Waals surface area contributed by atoms with Crippen LogP contribution in [0.25, 0.3) is 0 Å². The van der Waals surface area contributed by atoms with E-state index in [0.29, 0.717) is 26.3 Å². The quantitative estimate of drug-likeness (QED) is 0.735. The summed E-state index contributed by atoms with van der Waals surface area (Å²) in [7, 11) is 1.98. The molecular weight excluding hydrogens is 352 g/mol. The zero-order valence-corrected chi connectivity index (χ0v) is 15.6. The standard InChI is InChI=1S/C18H24N4O3S/c1-21-6-2-5-15(21)16(22-7-9-25-10-8-22)13-20-18(24)17(23)19-12-14-4-3-11-26-14/h2-6,11,16H,7-10,12-13H2,1H3,(H,19,23)(H,20,24)/t16-/m1/s1. The molecule has 2 aromatic heterocycles. The highest BCUT2D eigenvalue weighted by Gasteiger charge is 2.25. The number of nitrogens with one attached hydrogen (secondary N) is 2. The Labute approximate surface area is 156 Å². The molecule has 1 saturated heterocycles. The minimum atomic E-state index is -0.606. The van der Waals surface area contributed by atoms with Crippen LogP contribution in [-0.2, 0) is 27.9 Å². The first kappa shape index (κ1) is 18.6. The van der Waals surface area contributed by atoms with Gasteiger partial charge in [-0.05, 0) is 23.6 Å². The van der Waals surface area contributed by atoms with Crippen LogP contribution in [0.15, 0.2) is 35.8 Å². The lowest BCUT2D eigenvalue weighted by Gasteiger charge is -2.34. The molecule has 1 aliphatic heterocycles. The summed E-state index contributed by atoms with van der Waals surface area (Å²) in [6.07, 6.45) is 1.98. The fourth-order valence-electron chi connectivity index (χ4n) is 3.06. The summed E-state index contributed by atoms with van der Waals surface area (Å²) >= 11 is 1.55. The van der Waals surface area contributed by atoms with E-state index >= 15 is 0 Å². The summed E-state index contributed by atoms with van der Waals surface area (Å²) < 4.78 is 7.47. The van der Waals surface area contributed by atoms with Gasteiger partial charge in [-0.15, -0.1) is 11.3 Å². The summed E-state index contributed by atoms with van der Waals surface area (Å²) in [5.74, 6) is -1.21. The summed E-state index contributed by atoms with van der Waals surface area (Å²) in [6.45, 7) is 3.71. The lowest BCUT2D eigenvalue weighted by atomic mass is 10.1. The summed E-state index contributed by atoms with van der Waals surface area (Å²) in [5, 5.41) is 7.38. The van der Waals surface area contributed by atoms with Gasteiger partial charge < -0.3 is 19.9 Å². The smallest absolute Gasteiger partial charge is 0.309 e. The topological polar surface area (TPSA) is 75.6 Å². The van der Waals surface area contributed by atoms with E-state index in [1.807, 2.05) is 47.5 Å². The number of carbonyl (C=O) groups is 2. The molecule has 1 aliphatic rings. The van der Waals surface area contributed by atoms with Gasteiger partial charge in [-0.25, -0.2) is 0 Å². The zero-order chi connectivity index (χ0) is 18.4. The number of aromatic nitrogens is 1. The monoisotopic (exact) mass is 376 g/mol. The van der Waals surface area contributed by atoms with Crippen molar-refractivity contribution in [2.75, 3.05) is 32.8 Å². The van der Waals surface area contributed by atoms with Gasteiger partial charge in [0.15, 0.2) is 0 Å². The maximum Gasteiger partial charge on any atom is 0.309 e. The molecular formula is C18H24N4O3S. The average Bonchev–Trinajstić information content (AvgIpc) is 3.33. The Balaban J connectivity index is 1.57. The van der Waals surface area contributed by atoms with E-state index in [1.165, 1.54) is 0 Å². The van der Waals surface area contributed by atoms with Crippen molar-refractivity contribution in [2.45, 2.75) is 12.6 Å². The number of nitrogens with zero attached hydrogens (tertiary/aromatic N) is 2. The third-order valence-electron chi connectivity index (χ3n) is 4.48. The minimum Gasteiger partial charge on any atom is -0.379 e. The summed E-state index contributed by atoms with van der Waals surface area (Å²) in [4.78, 5) is 27.5. The largest absolute Gasteiger partial charge is 0.379 e. The minimum absolute atomic E-state index is 0.00736. The van der Waals surface area contributed by atoms with Crippen molar-refractivity contribution in [2.24, 2.45) is 7.05 Å². The normalized spacial score (nSPS) is 16.2. The van der Waals surface area contributed by atoms with Crippen molar-refractivity contribution >= 4 is 23.2 Å². The number of amides is 2. The molecule has 0 spiro atoms. The zero-order valence-electron chi connectivity index (χ0n) is 14.8. The Morgan fingerprint density at radius 2 is 1.96 bits per heavy atom. The van der Waals surface area contributed by atoms with Crippen LogP contribution in [0.5, 0.6) is 0 Å². The van der Waals surface area contributed by atoms with E-state index in [2.05, 4.69) is 15.5 Å². The van der Waals surface area contributed by atoms with Gasteiger partial charge >= 0.3 is 11.8 Å². The molecule has 7 nitrogen and oxygen atoms in total. The molecule has 3 heterocycles. The Bertz CT molecular complexity index is 723. The molecule has 0 bridgehead atoms. The van der Waals surface area contributed by atoms with Gasteiger partial charge in [-0.2, -0.15) is 0 Å². The molecule has 0 aliphatic carbocycles. The van der Waals surface area contributed by atoms with Crippen LogP contribution in [0.2, 0.25) is 0 Å². The highest BCUT2D eigenvalue weighted by molar-refractivity contribution is 7.09. The fourth-order valence-corrected chi connectivity index (χ4v) is 3.71. The van der Waals surface area contributed by atoms with Crippen LogP contribution in [0.4, 0.5) is 0 Å². The van der Waals surface area contributed by atoms with Crippen molar-refractivity contribution in [3.63, 3.8) is 0 Å². The molecule has 0 aromatic carbocycles. The first-order valence-electron chi connectivity index (χ1n) is 8.66. The van der Waals surface area contributed by atoms with Gasteiger partial charge in [-0.3, -0.25) is 14.5 Å². The predicted molar refractivity (Wildman–Crippen MR) is 99.7 cm³/mol. The Kier molecular flexibility index (Phi) is 6.43. The van der Waals surface area contributed by atoms with Gasteiger partial charge in [0.25, 0.3) is 0 Å². The van der Waals surface area contributed by atoms with Crippen LogP contribution >= 0.6 is 11.3 Å². The van der Waals surface area contributed by atoms with E-state index < -0.39 is 11.8 Å². The Hall–Kier alpha value is -2.16. The first-order chi connectivity index (χ1) is 12.6. The molecule has 0 radical (unpaired) electrons. The highest BCUT2D eigenvalue weighted by atomic mass is 32.1. The maximum absolute atomic E-state index is 12.2. The molecule has 2 N–H and O–H groups in total. The number of carbonyl (C=O) groups excluding carboxylic acids is 2. The van der Waals surface area contributed by atoms with Crippen molar-refractivity contribution < 1.29 is 14.3 Å². The highest BCUT2D eigenvalue weighted by Crippen LogP contribution is 2.21. The van der Waals surface area contributed by atoms with Crippen LogP contribution in [0, 0.1) is 0 Å². The fraction of sp³-hybridized carbons (Fsp3) is 0.444. The van der Waals surface area contributed by atoms with Crippen molar-refractivity contribution in [3.8, 4) is 0 Å². The number of thiophene rings is 1. The van der Waals surface area contributed by atoms with E-state index in [9.17, 15) is 9.59 Å². The van der Waals surface area contributed by atoms with E-state index in [4.69, 9.17) is 4.74 Å². The maximum atomic E-state index is 12.2. The van der Waals surface area contributed by atoms with Gasteiger partial charge in [0, 0.05) is 43.4 Å². The Morgan fingerprint density at radius 1 is 1.19 bits per heavy atom. The number of hydrogen-bond donors (Lipinski definition) is 2. The van der Waals surface area contributed by atoms with Gasteiger partial charge in [0.05, 0.1) is 25.8 Å². The predicted octanol–water partition coefficient (Wildman–Crippen LogP) is 0.892. The van der Waals surface area contributed by atoms with E-state index in [-0.39, 0.29) is 6.04 Å². The van der Waals surface area contributed by atoms with Crippen LogP contribution in [0.1, 0.15) is 16.6 Å². The van der Waals surface area contributed by atoms with Crippen molar-refractivity contribution in [1.29, 1.82) is 0 Å². The van der Waals surface area contributed by atoms with Gasteiger partial charge in [-0.1, -0.05) is 6.07 Å². The molecule has 2 aromatic rings. The van der Waals surface area contributed by atoms with Gasteiger partial charge in [0.2, 0.25) is 0 Å². The van der Waals surface area contributed by atoms with Crippen LogP contribution in [-0.4, -0.2) is 54.1 Å². The third kappa shape index (κ3) is 4.72. The number of hydrogen-bond acceptors (Lipinski definition) is 5. The second kappa shape index (κ2) is 8.98. The summed E-state index contributed by atoms with van der Waals surface area (Å²) in [5.41, 5.74) is 1.10. The van der Waals surface area contributed by atoms with Crippen LogP contribution in [0.3, 0.4) is 0 Å². The lowest BCUT2D eigenvalue weighted by molar-refractivity contribution is -0.139. The lowest BCUT2D eigenvalue weighted by Crippen LogP contribution is -2.47. The molecule has 0 saturated carbocycles. The third-order valence-corrected chi connectivity index (χ3v) is 5.35. The van der Waals surface area contributed by atoms with Crippen molar-refractivity contribution in [1.82, 2.24) is 20.1 Å². The number of ether oxygens (including phenoxy) is 1.